The summed E-state index contributed by atoms with van der Waals surface area (Å²) in [5.41, 5.74) is 1.17. The first-order chi connectivity index (χ1) is 9.28. The van der Waals surface area contributed by atoms with Crippen molar-refractivity contribution in [3.8, 4) is 0 Å². The van der Waals surface area contributed by atoms with Crippen molar-refractivity contribution in [2.45, 2.75) is 13.1 Å². The van der Waals surface area contributed by atoms with Gasteiger partial charge in [0.2, 0.25) is 0 Å². The third-order valence-corrected chi connectivity index (χ3v) is 3.74. The molecule has 0 saturated carbocycles. The molecular weight excluding hydrogens is 405 g/mol. The molecule has 0 atom stereocenters. The van der Waals surface area contributed by atoms with Crippen molar-refractivity contribution < 1.29 is 0 Å². The van der Waals surface area contributed by atoms with Crippen LogP contribution in [-0.4, -0.2) is 13.0 Å². The molecule has 6 heteroatoms. The SMILES string of the molecule is CN=C(NCc1ccc(Cl)cc1)NCc1cccs1.I. The molecule has 2 N–H and O–H groups in total. The van der Waals surface area contributed by atoms with Crippen LogP contribution < -0.4 is 10.6 Å². The lowest BCUT2D eigenvalue weighted by atomic mass is 10.2. The van der Waals surface area contributed by atoms with E-state index in [1.807, 2.05) is 30.3 Å². The lowest BCUT2D eigenvalue weighted by Gasteiger charge is -2.11. The molecule has 20 heavy (non-hydrogen) atoms. The third kappa shape index (κ3) is 5.68. The molecule has 2 aromatic rings. The molecule has 1 aromatic carbocycles. The van der Waals surface area contributed by atoms with Crippen molar-refractivity contribution in [2.24, 2.45) is 4.99 Å². The van der Waals surface area contributed by atoms with E-state index in [1.54, 1.807) is 18.4 Å². The van der Waals surface area contributed by atoms with Crippen LogP contribution in [0.3, 0.4) is 0 Å². The van der Waals surface area contributed by atoms with Gasteiger partial charge < -0.3 is 10.6 Å². The minimum Gasteiger partial charge on any atom is -0.352 e. The number of thiophene rings is 1. The van der Waals surface area contributed by atoms with Gasteiger partial charge in [-0.1, -0.05) is 29.8 Å². The van der Waals surface area contributed by atoms with Gasteiger partial charge in [-0.2, -0.15) is 0 Å². The second-order valence-corrected chi connectivity index (χ2v) is 5.45. The van der Waals surface area contributed by atoms with Crippen molar-refractivity contribution in [2.75, 3.05) is 7.05 Å². The van der Waals surface area contributed by atoms with Crippen molar-refractivity contribution in [3.63, 3.8) is 0 Å². The van der Waals surface area contributed by atoms with Crippen molar-refractivity contribution in [1.29, 1.82) is 0 Å². The molecule has 2 rings (SSSR count). The number of hydrogen-bond donors (Lipinski definition) is 2. The van der Waals surface area contributed by atoms with Crippen LogP contribution in [0.4, 0.5) is 0 Å². The van der Waals surface area contributed by atoms with Gasteiger partial charge in [-0.15, -0.1) is 35.3 Å². The number of aliphatic imine (C=N–C) groups is 1. The summed E-state index contributed by atoms with van der Waals surface area (Å²) < 4.78 is 0. The summed E-state index contributed by atoms with van der Waals surface area (Å²) in [7, 11) is 1.77. The summed E-state index contributed by atoms with van der Waals surface area (Å²) in [6, 6.07) is 11.9. The molecule has 0 bridgehead atoms. The summed E-state index contributed by atoms with van der Waals surface area (Å²) in [5, 5.41) is 9.37. The Morgan fingerprint density at radius 3 is 2.45 bits per heavy atom. The largest absolute Gasteiger partial charge is 0.352 e. The van der Waals surface area contributed by atoms with Crippen molar-refractivity contribution in [3.05, 3.63) is 57.2 Å². The lowest BCUT2D eigenvalue weighted by molar-refractivity contribution is 0.815. The van der Waals surface area contributed by atoms with Crippen LogP contribution in [0, 0.1) is 0 Å². The Bertz CT molecular complexity index is 526. The topological polar surface area (TPSA) is 36.4 Å². The number of nitrogens with zero attached hydrogens (tertiary/aromatic N) is 1. The first-order valence-corrected chi connectivity index (χ1v) is 7.25. The molecule has 1 aromatic heterocycles. The average Bonchev–Trinajstić information content (AvgIpc) is 2.94. The van der Waals surface area contributed by atoms with E-state index in [1.165, 1.54) is 10.4 Å². The summed E-state index contributed by atoms with van der Waals surface area (Å²) in [6.45, 7) is 1.51. The highest BCUT2D eigenvalue weighted by atomic mass is 127. The van der Waals surface area contributed by atoms with Crippen LogP contribution in [0.15, 0.2) is 46.8 Å². The van der Waals surface area contributed by atoms with Gasteiger partial charge in [0.1, 0.15) is 0 Å². The predicted molar refractivity (Wildman–Crippen MR) is 98.2 cm³/mol. The van der Waals surface area contributed by atoms with Crippen LogP contribution in [0.2, 0.25) is 5.02 Å². The van der Waals surface area contributed by atoms with Gasteiger partial charge in [-0.3, -0.25) is 4.99 Å². The summed E-state index contributed by atoms with van der Waals surface area (Å²) in [4.78, 5) is 5.48. The molecule has 3 nitrogen and oxygen atoms in total. The Hall–Kier alpha value is -0.790. The zero-order valence-electron chi connectivity index (χ0n) is 11.1. The van der Waals surface area contributed by atoms with Crippen molar-refractivity contribution >= 4 is 52.9 Å². The van der Waals surface area contributed by atoms with Crippen LogP contribution >= 0.6 is 46.9 Å². The minimum absolute atomic E-state index is 0. The van der Waals surface area contributed by atoms with E-state index in [0.717, 1.165) is 24.1 Å². The maximum Gasteiger partial charge on any atom is 0.191 e. The second-order valence-electron chi connectivity index (χ2n) is 3.99. The third-order valence-electron chi connectivity index (χ3n) is 2.61. The normalized spacial score (nSPS) is 10.8. The van der Waals surface area contributed by atoms with Gasteiger partial charge in [0.25, 0.3) is 0 Å². The second kappa shape index (κ2) is 9.20. The molecule has 0 radical (unpaired) electrons. The average molecular weight is 422 g/mol. The smallest absolute Gasteiger partial charge is 0.191 e. The highest BCUT2D eigenvalue weighted by Gasteiger charge is 1.99. The fourth-order valence-electron chi connectivity index (χ4n) is 1.59. The molecule has 0 saturated heterocycles. The molecule has 1 heterocycles. The summed E-state index contributed by atoms with van der Waals surface area (Å²) >= 11 is 7.58. The molecule has 0 aliphatic carbocycles. The van der Waals surface area contributed by atoms with Gasteiger partial charge in [0.15, 0.2) is 5.96 Å². The van der Waals surface area contributed by atoms with Gasteiger partial charge in [-0.05, 0) is 29.1 Å². The Balaban J connectivity index is 0.00000200. The van der Waals surface area contributed by atoms with Gasteiger partial charge in [-0.25, -0.2) is 0 Å². The van der Waals surface area contributed by atoms with Crippen molar-refractivity contribution in [1.82, 2.24) is 10.6 Å². The van der Waals surface area contributed by atoms with Crippen LogP contribution in [0.25, 0.3) is 0 Å². The zero-order valence-corrected chi connectivity index (χ0v) is 15.0. The van der Waals surface area contributed by atoms with E-state index in [2.05, 4.69) is 27.1 Å². The van der Waals surface area contributed by atoms with Gasteiger partial charge in [0.05, 0.1) is 6.54 Å². The Labute approximate surface area is 145 Å². The standard InChI is InChI=1S/C14H16ClN3S.HI/c1-16-14(18-10-13-3-2-8-19-13)17-9-11-4-6-12(15)7-5-11;/h2-8H,9-10H2,1H3,(H2,16,17,18);1H. The maximum atomic E-state index is 5.85. The van der Waals surface area contributed by atoms with E-state index in [0.29, 0.717) is 0 Å². The Kier molecular flexibility index (Phi) is 7.94. The van der Waals surface area contributed by atoms with Gasteiger partial charge in [0, 0.05) is 23.5 Å². The number of halogens is 2. The monoisotopic (exact) mass is 421 g/mol. The Morgan fingerprint density at radius 1 is 1.15 bits per heavy atom. The summed E-state index contributed by atoms with van der Waals surface area (Å²) in [6.07, 6.45) is 0. The van der Waals surface area contributed by atoms with Crippen LogP contribution in [0.1, 0.15) is 10.4 Å². The van der Waals surface area contributed by atoms with Gasteiger partial charge >= 0.3 is 0 Å². The zero-order chi connectivity index (χ0) is 13.5. The highest BCUT2D eigenvalue weighted by molar-refractivity contribution is 14.0. The van der Waals surface area contributed by atoms with Crippen LogP contribution in [0.5, 0.6) is 0 Å². The van der Waals surface area contributed by atoms with E-state index in [-0.39, 0.29) is 24.0 Å². The van der Waals surface area contributed by atoms with Crippen LogP contribution in [-0.2, 0) is 13.1 Å². The maximum absolute atomic E-state index is 5.85. The number of nitrogens with one attached hydrogen (secondary N) is 2. The Morgan fingerprint density at radius 2 is 1.85 bits per heavy atom. The predicted octanol–water partition coefficient (Wildman–Crippen LogP) is 3.88. The van der Waals surface area contributed by atoms with E-state index >= 15 is 0 Å². The quantitative estimate of drug-likeness (QED) is 0.446. The fraction of sp³-hybridized carbons (Fsp3) is 0.214. The number of hydrogen-bond acceptors (Lipinski definition) is 2. The molecular formula is C14H17ClIN3S. The number of rotatable bonds is 4. The molecule has 0 spiro atoms. The lowest BCUT2D eigenvalue weighted by Crippen LogP contribution is -2.36. The molecule has 0 unspecified atom stereocenters. The first-order valence-electron chi connectivity index (χ1n) is 5.99. The summed E-state index contributed by atoms with van der Waals surface area (Å²) in [5.74, 6) is 0.795. The number of guanidine groups is 1. The molecule has 0 aliphatic rings. The molecule has 108 valence electrons. The first kappa shape index (κ1) is 17.3. The molecule has 0 amide bonds. The highest BCUT2D eigenvalue weighted by Crippen LogP contribution is 2.09. The fourth-order valence-corrected chi connectivity index (χ4v) is 2.36. The van der Waals surface area contributed by atoms with E-state index in [9.17, 15) is 0 Å². The number of benzene rings is 1. The minimum atomic E-state index is 0. The molecule has 0 fully saturated rings. The van der Waals surface area contributed by atoms with E-state index in [4.69, 9.17) is 11.6 Å². The van der Waals surface area contributed by atoms with E-state index < -0.39 is 0 Å². The molecule has 0 aliphatic heterocycles.